The summed E-state index contributed by atoms with van der Waals surface area (Å²) in [5.41, 5.74) is 5.08. The molecule has 0 spiro atoms. The third-order valence-corrected chi connectivity index (χ3v) is 18.9. The van der Waals surface area contributed by atoms with Gasteiger partial charge in [0.05, 0.1) is 46.2 Å². The van der Waals surface area contributed by atoms with Crippen molar-refractivity contribution in [2.75, 3.05) is 13.2 Å². The summed E-state index contributed by atoms with van der Waals surface area (Å²) in [7, 11) is -2.64. The smallest absolute Gasteiger partial charge is 0.193 e. The Balaban J connectivity index is 1.19. The van der Waals surface area contributed by atoms with Crippen molar-refractivity contribution in [1.82, 2.24) is 0 Å². The molecule has 5 aromatic carbocycles. The maximum atomic E-state index is 7.60. The molecule has 0 unspecified atom stereocenters. The molecule has 376 valence electrons. The largest absolute Gasteiger partial charge is 0.406 e. The van der Waals surface area contributed by atoms with E-state index in [0.29, 0.717) is 19.1 Å². The van der Waals surface area contributed by atoms with E-state index in [-0.39, 0.29) is 38.1 Å². The van der Waals surface area contributed by atoms with Crippen LogP contribution in [-0.4, -0.2) is 88.7 Å². The number of hydrogen-bond donors (Lipinski definition) is 0. The van der Waals surface area contributed by atoms with E-state index in [1.54, 1.807) is 0 Å². The van der Waals surface area contributed by atoms with E-state index < -0.39 is 75.5 Å². The molecule has 3 heterocycles. The molecule has 3 fully saturated rings. The molecule has 0 amide bonds. The zero-order chi connectivity index (χ0) is 49.1. The van der Waals surface area contributed by atoms with Crippen LogP contribution in [0.5, 0.6) is 0 Å². The molecule has 0 aromatic heterocycles. The van der Waals surface area contributed by atoms with E-state index in [1.807, 2.05) is 153 Å². The summed E-state index contributed by atoms with van der Waals surface area (Å²) >= 11 is 0. The van der Waals surface area contributed by atoms with E-state index in [1.165, 1.54) is 0 Å². The van der Waals surface area contributed by atoms with Gasteiger partial charge in [-0.25, -0.2) is 0 Å². The fraction of sp³-hybridized carbons (Fsp3) is 0.483. The molecule has 70 heavy (non-hydrogen) atoms. The Labute approximate surface area is 417 Å². The average molecular weight is 975 g/mol. The number of fused-ring (bicyclic) bond motifs is 1. The Morgan fingerprint density at radius 3 is 1.36 bits per heavy atom. The summed E-state index contributed by atoms with van der Waals surface area (Å²) in [6.07, 6.45) is -7.40. The molecule has 8 rings (SSSR count). The minimum atomic E-state index is -2.64. The van der Waals surface area contributed by atoms with E-state index >= 15 is 0 Å². The third-order valence-electron chi connectivity index (χ3n) is 14.4. The Hall–Kier alpha value is -4.12. The second-order valence-corrected chi connectivity index (χ2v) is 25.1. The SMILES string of the molecule is CC(C)C(C)(C)[Si](C)(C)O[C@H]1[C@H](OCc2ccccc2)O[C@H](COCc2ccccc2)[C@@H](O[C@@H]2O[C@H](COCc3ccccc3)[C@@H]3OC(C)(C)O[C@@H]3[C@H]2OCc2ccccc2)[C@@H]1OCc1ccccc1. The summed E-state index contributed by atoms with van der Waals surface area (Å²) in [5, 5.41) is -0.162. The van der Waals surface area contributed by atoms with Crippen molar-refractivity contribution in [2.24, 2.45) is 5.92 Å². The lowest BCUT2D eigenvalue weighted by molar-refractivity contribution is -0.363. The third kappa shape index (κ3) is 13.5. The van der Waals surface area contributed by atoms with Gasteiger partial charge in [0.1, 0.15) is 48.8 Å². The van der Waals surface area contributed by atoms with Crippen LogP contribution in [0.4, 0.5) is 0 Å². The second-order valence-electron chi connectivity index (χ2n) is 20.5. The first-order valence-electron chi connectivity index (χ1n) is 25.0. The first kappa shape index (κ1) is 52.2. The van der Waals surface area contributed by atoms with Crippen LogP contribution in [0.25, 0.3) is 0 Å². The van der Waals surface area contributed by atoms with Crippen molar-refractivity contribution < 1.29 is 51.8 Å². The fourth-order valence-electron chi connectivity index (χ4n) is 9.25. The summed E-state index contributed by atoms with van der Waals surface area (Å²) in [6.45, 7) is 19.4. The topological polar surface area (TPSA) is 102 Å². The molecule has 0 aliphatic carbocycles. The highest BCUT2D eigenvalue weighted by molar-refractivity contribution is 6.74. The molecule has 3 aliphatic rings. The Bertz CT molecular complexity index is 2290. The quantitative estimate of drug-likeness (QED) is 0.0585. The first-order valence-corrected chi connectivity index (χ1v) is 27.9. The molecule has 3 aliphatic heterocycles. The maximum absolute atomic E-state index is 7.60. The molecule has 0 radical (unpaired) electrons. The number of hydrogen-bond acceptors (Lipinski definition) is 11. The monoisotopic (exact) mass is 975 g/mol. The van der Waals surface area contributed by atoms with Crippen molar-refractivity contribution in [2.45, 2.75) is 160 Å². The van der Waals surface area contributed by atoms with Crippen molar-refractivity contribution in [3.63, 3.8) is 0 Å². The minimum Gasteiger partial charge on any atom is -0.406 e. The van der Waals surface area contributed by atoms with Crippen LogP contribution in [0.1, 0.15) is 69.4 Å². The molecule has 0 N–H and O–H groups in total. The molecule has 0 bridgehead atoms. The van der Waals surface area contributed by atoms with Crippen LogP contribution in [-0.2, 0) is 84.8 Å². The average Bonchev–Trinajstić information content (AvgIpc) is 3.70. The first-order chi connectivity index (χ1) is 33.8. The van der Waals surface area contributed by atoms with Gasteiger partial charge in [-0.05, 0) is 65.7 Å². The van der Waals surface area contributed by atoms with Crippen LogP contribution < -0.4 is 0 Å². The lowest BCUT2D eigenvalue weighted by atomic mass is 9.96. The van der Waals surface area contributed by atoms with Gasteiger partial charge in [-0.1, -0.05) is 179 Å². The molecule has 0 saturated carbocycles. The maximum Gasteiger partial charge on any atom is 0.193 e. The van der Waals surface area contributed by atoms with Gasteiger partial charge in [-0.2, -0.15) is 0 Å². The van der Waals surface area contributed by atoms with Gasteiger partial charge in [-0.3, -0.25) is 0 Å². The van der Waals surface area contributed by atoms with Crippen LogP contribution in [0.2, 0.25) is 18.1 Å². The van der Waals surface area contributed by atoms with Gasteiger partial charge in [0.25, 0.3) is 0 Å². The van der Waals surface area contributed by atoms with Gasteiger partial charge in [0.15, 0.2) is 26.7 Å². The number of ether oxygens (including phenoxy) is 10. The fourth-order valence-corrected chi connectivity index (χ4v) is 11.9. The summed E-state index contributed by atoms with van der Waals surface area (Å²) in [6, 6.07) is 50.6. The van der Waals surface area contributed by atoms with Gasteiger partial charge in [-0.15, -0.1) is 0 Å². The van der Waals surface area contributed by atoms with E-state index in [0.717, 1.165) is 27.8 Å². The van der Waals surface area contributed by atoms with Crippen molar-refractivity contribution in [3.05, 3.63) is 179 Å². The Kier molecular flexibility index (Phi) is 17.9. The van der Waals surface area contributed by atoms with Gasteiger partial charge in [0.2, 0.25) is 0 Å². The Morgan fingerprint density at radius 2 is 0.886 bits per heavy atom. The van der Waals surface area contributed by atoms with Gasteiger partial charge >= 0.3 is 0 Å². The molecular weight excluding hydrogens is 901 g/mol. The van der Waals surface area contributed by atoms with Gasteiger partial charge < -0.3 is 51.8 Å². The lowest BCUT2D eigenvalue weighted by Gasteiger charge is -2.52. The highest BCUT2D eigenvalue weighted by Crippen LogP contribution is 2.47. The van der Waals surface area contributed by atoms with Gasteiger partial charge in [0, 0.05) is 0 Å². The highest BCUT2D eigenvalue weighted by Gasteiger charge is 2.59. The molecule has 11 nitrogen and oxygen atoms in total. The lowest BCUT2D eigenvalue weighted by Crippen LogP contribution is -2.67. The van der Waals surface area contributed by atoms with E-state index in [2.05, 4.69) is 52.9 Å². The predicted molar refractivity (Wildman–Crippen MR) is 271 cm³/mol. The zero-order valence-corrected chi connectivity index (χ0v) is 43.2. The number of rotatable bonds is 23. The molecule has 5 aromatic rings. The molecule has 10 atom stereocenters. The molecular formula is C58H74O11Si. The zero-order valence-electron chi connectivity index (χ0n) is 42.2. The highest BCUT2D eigenvalue weighted by atomic mass is 28.4. The molecule has 3 saturated heterocycles. The standard InChI is InChI=1S/C58H74O11Si/c1-41(2)57(3,4)70(7,8)69-54-51(61-36-44-28-18-11-19-29-44)49(47(39-59-34-42-24-14-9-15-25-42)64-55(54)63-38-46-32-22-13-23-33-46)66-56-53(62-37-45-30-20-12-21-31-45)52-50(67-58(5,6)68-52)48(65-56)40-60-35-43-26-16-10-17-27-43/h9-33,41,47-56H,34-40H2,1-8H3/t47-,48-,49-,50+,51+,52+,53-,54-,55-,56+/m1/s1. The summed E-state index contributed by atoms with van der Waals surface area (Å²) in [4.78, 5) is 0. The number of benzene rings is 5. The van der Waals surface area contributed by atoms with E-state index in [4.69, 9.17) is 51.8 Å². The van der Waals surface area contributed by atoms with Crippen LogP contribution >= 0.6 is 0 Å². The van der Waals surface area contributed by atoms with E-state index in [9.17, 15) is 0 Å². The van der Waals surface area contributed by atoms with Crippen molar-refractivity contribution >= 4 is 8.32 Å². The second kappa shape index (κ2) is 24.1. The van der Waals surface area contributed by atoms with Crippen LogP contribution in [0.3, 0.4) is 0 Å². The van der Waals surface area contributed by atoms with Crippen LogP contribution in [0.15, 0.2) is 152 Å². The van der Waals surface area contributed by atoms with Crippen molar-refractivity contribution in [3.8, 4) is 0 Å². The normalized spacial score (nSPS) is 26.8. The Morgan fingerprint density at radius 1 is 0.486 bits per heavy atom. The van der Waals surface area contributed by atoms with Crippen LogP contribution in [0, 0.1) is 5.92 Å². The van der Waals surface area contributed by atoms with Crippen molar-refractivity contribution in [1.29, 1.82) is 0 Å². The minimum absolute atomic E-state index is 0.144. The molecule has 12 heteroatoms. The predicted octanol–water partition coefficient (Wildman–Crippen LogP) is 11.2. The summed E-state index contributed by atoms with van der Waals surface area (Å²) < 4.78 is 76.9. The summed E-state index contributed by atoms with van der Waals surface area (Å²) in [5.74, 6) is -0.619.